The van der Waals surface area contributed by atoms with E-state index in [9.17, 15) is 0 Å². The molecule has 1 saturated heterocycles. The highest BCUT2D eigenvalue weighted by Gasteiger charge is 2.52. The summed E-state index contributed by atoms with van der Waals surface area (Å²) < 4.78 is 17.8. The van der Waals surface area contributed by atoms with Crippen molar-refractivity contribution in [2.75, 3.05) is 0 Å². The molecular formula is C15H19BClNO3. The lowest BCUT2D eigenvalue weighted by Crippen LogP contribution is -2.41. The second kappa shape index (κ2) is 4.73. The van der Waals surface area contributed by atoms with Gasteiger partial charge in [-0.1, -0.05) is 24.6 Å². The van der Waals surface area contributed by atoms with Crippen molar-refractivity contribution in [1.82, 2.24) is 4.98 Å². The number of aromatic nitrogens is 1. The zero-order chi connectivity index (χ0) is 15.4. The number of aryl methyl sites for hydroxylation is 1. The van der Waals surface area contributed by atoms with Gasteiger partial charge in [0.05, 0.1) is 16.2 Å². The van der Waals surface area contributed by atoms with Gasteiger partial charge in [-0.3, -0.25) is 0 Å². The predicted octanol–water partition coefficient (Wildman–Crippen LogP) is 3.34. The van der Waals surface area contributed by atoms with Gasteiger partial charge in [-0.25, -0.2) is 4.98 Å². The van der Waals surface area contributed by atoms with E-state index in [4.69, 9.17) is 25.3 Å². The first-order valence-corrected chi connectivity index (χ1v) is 7.56. The standard InChI is InChI=1S/C15H19BClNO3/c1-6-11-18-10-8-7-9(12(17)13(10)19-11)16-20-14(2,3)15(4,5)21-16/h7-8H,6H2,1-5H3. The third kappa shape index (κ3) is 2.28. The van der Waals surface area contributed by atoms with Gasteiger partial charge in [0.25, 0.3) is 0 Å². The fourth-order valence-electron chi connectivity index (χ4n) is 2.32. The van der Waals surface area contributed by atoms with Crippen LogP contribution in [0.1, 0.15) is 40.5 Å². The van der Waals surface area contributed by atoms with Crippen LogP contribution in [0.5, 0.6) is 0 Å². The molecule has 2 heterocycles. The Bertz CT molecular complexity index is 680. The van der Waals surface area contributed by atoms with Gasteiger partial charge in [-0.05, 0) is 33.8 Å². The number of nitrogens with zero attached hydrogens (tertiary/aromatic N) is 1. The van der Waals surface area contributed by atoms with E-state index in [-0.39, 0.29) is 0 Å². The van der Waals surface area contributed by atoms with Crippen molar-refractivity contribution in [2.45, 2.75) is 52.2 Å². The number of benzene rings is 1. The minimum absolute atomic E-state index is 0.397. The Kier molecular flexibility index (Phi) is 3.35. The zero-order valence-corrected chi connectivity index (χ0v) is 13.7. The van der Waals surface area contributed by atoms with Crippen LogP contribution in [0.15, 0.2) is 16.5 Å². The Morgan fingerprint density at radius 2 is 1.76 bits per heavy atom. The highest BCUT2D eigenvalue weighted by atomic mass is 35.5. The molecule has 2 aromatic rings. The zero-order valence-electron chi connectivity index (χ0n) is 13.0. The summed E-state index contributed by atoms with van der Waals surface area (Å²) in [5.41, 5.74) is 1.34. The quantitative estimate of drug-likeness (QED) is 0.798. The average molecular weight is 308 g/mol. The lowest BCUT2D eigenvalue weighted by molar-refractivity contribution is 0.00578. The fourth-order valence-corrected chi connectivity index (χ4v) is 2.61. The summed E-state index contributed by atoms with van der Waals surface area (Å²) >= 11 is 6.48. The molecule has 21 heavy (non-hydrogen) atoms. The van der Waals surface area contributed by atoms with E-state index in [2.05, 4.69) is 4.98 Å². The molecule has 1 aromatic heterocycles. The molecule has 4 nitrogen and oxygen atoms in total. The summed E-state index contributed by atoms with van der Waals surface area (Å²) in [6, 6.07) is 3.79. The molecular weight excluding hydrogens is 288 g/mol. The van der Waals surface area contributed by atoms with Gasteiger partial charge in [0.1, 0.15) is 5.52 Å². The Hall–Kier alpha value is -1.04. The maximum absolute atomic E-state index is 6.48. The van der Waals surface area contributed by atoms with E-state index in [0.717, 1.165) is 17.4 Å². The highest BCUT2D eigenvalue weighted by molar-refractivity contribution is 6.66. The summed E-state index contributed by atoms with van der Waals surface area (Å²) in [6.45, 7) is 10.1. The van der Waals surface area contributed by atoms with E-state index in [1.165, 1.54) is 0 Å². The van der Waals surface area contributed by atoms with Gasteiger partial charge in [-0.15, -0.1) is 0 Å². The molecule has 0 N–H and O–H groups in total. The monoisotopic (exact) mass is 307 g/mol. The molecule has 0 bridgehead atoms. The van der Waals surface area contributed by atoms with Crippen LogP contribution in [0, 0.1) is 0 Å². The van der Waals surface area contributed by atoms with Gasteiger partial charge in [0.2, 0.25) is 0 Å². The van der Waals surface area contributed by atoms with Crippen LogP contribution in [0.3, 0.4) is 0 Å². The molecule has 0 radical (unpaired) electrons. The van der Waals surface area contributed by atoms with E-state index < -0.39 is 18.3 Å². The van der Waals surface area contributed by atoms with Crippen LogP contribution in [0.25, 0.3) is 11.1 Å². The molecule has 1 fully saturated rings. The minimum Gasteiger partial charge on any atom is -0.439 e. The van der Waals surface area contributed by atoms with E-state index in [0.29, 0.717) is 16.5 Å². The van der Waals surface area contributed by atoms with Crippen molar-refractivity contribution in [3.05, 3.63) is 23.0 Å². The third-order valence-corrected chi connectivity index (χ3v) is 4.77. The largest absolute Gasteiger partial charge is 0.496 e. The molecule has 0 spiro atoms. The first kappa shape index (κ1) is 14.9. The van der Waals surface area contributed by atoms with Crippen molar-refractivity contribution < 1.29 is 13.7 Å². The molecule has 1 aliphatic rings. The Balaban J connectivity index is 2.04. The van der Waals surface area contributed by atoms with Crippen molar-refractivity contribution in [3.63, 3.8) is 0 Å². The average Bonchev–Trinajstić information content (AvgIpc) is 2.89. The molecule has 6 heteroatoms. The maximum Gasteiger partial charge on any atom is 0.496 e. The van der Waals surface area contributed by atoms with Gasteiger partial charge < -0.3 is 13.7 Å². The third-order valence-electron chi connectivity index (χ3n) is 4.38. The summed E-state index contributed by atoms with van der Waals surface area (Å²) in [7, 11) is -0.498. The van der Waals surface area contributed by atoms with Crippen molar-refractivity contribution in [1.29, 1.82) is 0 Å². The molecule has 1 aliphatic heterocycles. The van der Waals surface area contributed by atoms with E-state index >= 15 is 0 Å². The van der Waals surface area contributed by atoms with Gasteiger partial charge in [-0.2, -0.15) is 0 Å². The van der Waals surface area contributed by atoms with Gasteiger partial charge >= 0.3 is 7.12 Å². The first-order chi connectivity index (χ1) is 9.75. The molecule has 0 unspecified atom stereocenters. The topological polar surface area (TPSA) is 44.5 Å². The summed E-state index contributed by atoms with van der Waals surface area (Å²) in [6.07, 6.45) is 0.733. The van der Waals surface area contributed by atoms with Crippen LogP contribution in [0.4, 0.5) is 0 Å². The summed E-state index contributed by atoms with van der Waals surface area (Å²) in [4.78, 5) is 4.38. The number of hydrogen-bond acceptors (Lipinski definition) is 4. The summed E-state index contributed by atoms with van der Waals surface area (Å²) in [5, 5.41) is 0.512. The summed E-state index contributed by atoms with van der Waals surface area (Å²) in [5.74, 6) is 0.679. The molecule has 0 amide bonds. The number of oxazole rings is 1. The molecule has 3 rings (SSSR count). The van der Waals surface area contributed by atoms with Gasteiger partial charge in [0, 0.05) is 11.9 Å². The second-order valence-electron chi connectivity index (χ2n) is 6.37. The smallest absolute Gasteiger partial charge is 0.439 e. The number of rotatable bonds is 2. The predicted molar refractivity (Wildman–Crippen MR) is 84.1 cm³/mol. The van der Waals surface area contributed by atoms with Crippen LogP contribution >= 0.6 is 11.6 Å². The molecule has 0 aliphatic carbocycles. The van der Waals surface area contributed by atoms with Gasteiger partial charge in [0.15, 0.2) is 11.5 Å². The van der Waals surface area contributed by atoms with Crippen molar-refractivity contribution in [2.24, 2.45) is 0 Å². The normalized spacial score (nSPS) is 20.4. The molecule has 112 valence electrons. The van der Waals surface area contributed by atoms with Crippen LogP contribution in [-0.2, 0) is 15.7 Å². The Labute approximate surface area is 129 Å². The minimum atomic E-state index is -0.498. The molecule has 0 atom stereocenters. The second-order valence-corrected chi connectivity index (χ2v) is 6.74. The SMILES string of the molecule is CCc1nc2ccc(B3OC(C)(C)C(C)(C)O3)c(Cl)c2o1. The number of halogens is 1. The fraction of sp³-hybridized carbons (Fsp3) is 0.533. The number of fused-ring (bicyclic) bond motifs is 1. The lowest BCUT2D eigenvalue weighted by atomic mass is 9.79. The van der Waals surface area contributed by atoms with E-state index in [1.54, 1.807) is 0 Å². The molecule has 1 aromatic carbocycles. The van der Waals surface area contributed by atoms with Crippen LogP contribution in [0.2, 0.25) is 5.02 Å². The van der Waals surface area contributed by atoms with Crippen LogP contribution in [-0.4, -0.2) is 23.3 Å². The van der Waals surface area contributed by atoms with Crippen LogP contribution < -0.4 is 5.46 Å². The lowest BCUT2D eigenvalue weighted by Gasteiger charge is -2.32. The Morgan fingerprint density at radius 1 is 1.14 bits per heavy atom. The Morgan fingerprint density at radius 3 is 2.33 bits per heavy atom. The van der Waals surface area contributed by atoms with Crippen molar-refractivity contribution in [3.8, 4) is 0 Å². The maximum atomic E-state index is 6.48. The van der Waals surface area contributed by atoms with E-state index in [1.807, 2.05) is 46.8 Å². The number of hydrogen-bond donors (Lipinski definition) is 0. The molecule has 0 saturated carbocycles. The highest BCUT2D eigenvalue weighted by Crippen LogP contribution is 2.37. The first-order valence-electron chi connectivity index (χ1n) is 7.18. The van der Waals surface area contributed by atoms with Crippen molar-refractivity contribution >= 4 is 35.3 Å².